The summed E-state index contributed by atoms with van der Waals surface area (Å²) in [6.45, 7) is 4.07. The van der Waals surface area contributed by atoms with Gasteiger partial charge in [0.25, 0.3) is 0 Å². The number of para-hydroxylation sites is 1. The average Bonchev–Trinajstić information content (AvgIpc) is 2.99. The second kappa shape index (κ2) is 6.74. The van der Waals surface area contributed by atoms with Gasteiger partial charge in [-0.05, 0) is 49.2 Å². The van der Waals surface area contributed by atoms with E-state index in [0.29, 0.717) is 0 Å². The Morgan fingerprint density at radius 1 is 1.04 bits per heavy atom. The molecule has 124 valence electrons. The molecular weight excluding hydrogens is 302 g/mol. The Morgan fingerprint density at radius 2 is 1.71 bits per heavy atom. The molecule has 0 fully saturated rings. The van der Waals surface area contributed by atoms with Gasteiger partial charge in [-0.2, -0.15) is 0 Å². The fraction of sp³-hybridized carbons (Fsp3) is 0.263. The number of carbonyl (C=O) groups is 2. The Hall–Kier alpha value is -2.82. The van der Waals surface area contributed by atoms with E-state index in [9.17, 15) is 9.59 Å². The third-order valence-electron chi connectivity index (χ3n) is 4.11. The molecule has 1 heterocycles. The van der Waals surface area contributed by atoms with Crippen LogP contribution in [0.3, 0.4) is 0 Å². The van der Waals surface area contributed by atoms with Crippen LogP contribution in [0.1, 0.15) is 19.4 Å². The number of benzene rings is 2. The van der Waals surface area contributed by atoms with Crippen molar-refractivity contribution < 1.29 is 9.59 Å². The Morgan fingerprint density at radius 3 is 2.42 bits per heavy atom. The Labute approximate surface area is 141 Å². The number of rotatable bonds is 4. The maximum absolute atomic E-state index is 12.7. The van der Waals surface area contributed by atoms with Gasteiger partial charge in [0.2, 0.25) is 11.8 Å². The molecule has 0 aliphatic carbocycles. The minimum Gasteiger partial charge on any atom is -0.374 e. The van der Waals surface area contributed by atoms with Crippen molar-refractivity contribution in [2.45, 2.75) is 26.3 Å². The first kappa shape index (κ1) is 16.1. The highest BCUT2D eigenvalue weighted by atomic mass is 16.2. The van der Waals surface area contributed by atoms with Crippen LogP contribution in [0.25, 0.3) is 0 Å². The second-order valence-corrected chi connectivity index (χ2v) is 5.99. The molecule has 0 unspecified atom stereocenters. The fourth-order valence-corrected chi connectivity index (χ4v) is 2.97. The van der Waals surface area contributed by atoms with E-state index in [4.69, 9.17) is 0 Å². The van der Waals surface area contributed by atoms with Gasteiger partial charge in [-0.3, -0.25) is 9.59 Å². The fourth-order valence-electron chi connectivity index (χ4n) is 2.97. The van der Waals surface area contributed by atoms with Gasteiger partial charge >= 0.3 is 0 Å². The quantitative estimate of drug-likeness (QED) is 0.909. The number of carbonyl (C=O) groups excluding carboxylic acids is 2. The Balaban J connectivity index is 1.66. The predicted octanol–water partition coefficient (Wildman–Crippen LogP) is 3.03. The molecule has 1 atom stereocenters. The molecule has 3 rings (SSSR count). The number of nitrogens with zero attached hydrogens (tertiary/aromatic N) is 1. The lowest BCUT2D eigenvalue weighted by Crippen LogP contribution is -2.40. The summed E-state index contributed by atoms with van der Waals surface area (Å²) >= 11 is 0. The number of hydrogen-bond acceptors (Lipinski definition) is 3. The number of nitrogens with one attached hydrogen (secondary N) is 2. The van der Waals surface area contributed by atoms with E-state index in [1.165, 1.54) is 12.5 Å². The van der Waals surface area contributed by atoms with E-state index < -0.39 is 0 Å². The van der Waals surface area contributed by atoms with Crippen molar-refractivity contribution in [2.24, 2.45) is 0 Å². The maximum atomic E-state index is 12.7. The normalized spacial score (nSPS) is 14.0. The topological polar surface area (TPSA) is 61.4 Å². The lowest BCUT2D eigenvalue weighted by atomic mass is 10.2. The summed E-state index contributed by atoms with van der Waals surface area (Å²) in [5.41, 5.74) is 3.81. The van der Waals surface area contributed by atoms with Gasteiger partial charge in [0.05, 0.1) is 0 Å². The maximum Gasteiger partial charge on any atom is 0.249 e. The zero-order valence-corrected chi connectivity index (χ0v) is 13.9. The minimum atomic E-state index is -0.331. The van der Waals surface area contributed by atoms with Crippen LogP contribution in [0.4, 0.5) is 17.1 Å². The minimum absolute atomic E-state index is 0.0610. The smallest absolute Gasteiger partial charge is 0.249 e. The summed E-state index contributed by atoms with van der Waals surface area (Å²) in [5, 5.41) is 5.95. The van der Waals surface area contributed by atoms with E-state index >= 15 is 0 Å². The van der Waals surface area contributed by atoms with Gasteiger partial charge in [-0.25, -0.2) is 0 Å². The molecule has 2 aromatic carbocycles. The van der Waals surface area contributed by atoms with Crippen molar-refractivity contribution in [1.82, 2.24) is 0 Å². The molecule has 0 saturated heterocycles. The molecule has 0 bridgehead atoms. The first-order chi connectivity index (χ1) is 11.5. The van der Waals surface area contributed by atoms with Crippen LogP contribution >= 0.6 is 0 Å². The second-order valence-electron chi connectivity index (χ2n) is 5.99. The number of anilines is 3. The summed E-state index contributed by atoms with van der Waals surface area (Å²) in [5.74, 6) is -0.0437. The third kappa shape index (κ3) is 3.40. The third-order valence-corrected chi connectivity index (χ3v) is 4.11. The van der Waals surface area contributed by atoms with E-state index in [-0.39, 0.29) is 17.9 Å². The zero-order chi connectivity index (χ0) is 17.1. The standard InChI is InChI=1S/C19H21N3O2/c1-13(20-16-7-9-17(10-8-16)21-14(2)23)19(24)22-12-11-15-5-3-4-6-18(15)22/h3-10,13,20H,11-12H2,1-2H3,(H,21,23)/t13-/m0/s1. The predicted molar refractivity (Wildman–Crippen MR) is 96.3 cm³/mol. The van der Waals surface area contributed by atoms with Gasteiger partial charge < -0.3 is 15.5 Å². The average molecular weight is 323 g/mol. The highest BCUT2D eigenvalue weighted by Crippen LogP contribution is 2.28. The zero-order valence-electron chi connectivity index (χ0n) is 13.9. The Kier molecular flexibility index (Phi) is 4.51. The van der Waals surface area contributed by atoms with Crippen LogP contribution in [0.15, 0.2) is 48.5 Å². The van der Waals surface area contributed by atoms with Crippen molar-refractivity contribution in [3.63, 3.8) is 0 Å². The molecule has 0 saturated carbocycles. The van der Waals surface area contributed by atoms with Crippen LogP contribution in [-0.4, -0.2) is 24.4 Å². The number of amides is 2. The van der Waals surface area contributed by atoms with Crippen molar-refractivity contribution in [3.05, 3.63) is 54.1 Å². The number of hydrogen-bond donors (Lipinski definition) is 2. The summed E-state index contributed by atoms with van der Waals surface area (Å²) in [6, 6.07) is 15.0. The van der Waals surface area contributed by atoms with Crippen molar-refractivity contribution in [1.29, 1.82) is 0 Å². The van der Waals surface area contributed by atoms with Crippen LogP contribution in [-0.2, 0) is 16.0 Å². The van der Waals surface area contributed by atoms with Crippen LogP contribution in [0.2, 0.25) is 0 Å². The molecule has 1 aliphatic heterocycles. The first-order valence-electron chi connectivity index (χ1n) is 8.08. The lowest BCUT2D eigenvalue weighted by Gasteiger charge is -2.23. The highest BCUT2D eigenvalue weighted by Gasteiger charge is 2.27. The molecule has 1 aliphatic rings. The molecule has 0 spiro atoms. The summed E-state index contributed by atoms with van der Waals surface area (Å²) in [4.78, 5) is 25.6. The van der Waals surface area contributed by atoms with E-state index in [1.807, 2.05) is 54.3 Å². The van der Waals surface area contributed by atoms with Gasteiger partial charge in [-0.15, -0.1) is 0 Å². The van der Waals surface area contributed by atoms with Crippen LogP contribution in [0, 0.1) is 0 Å². The SMILES string of the molecule is CC(=O)Nc1ccc(N[C@@H](C)C(=O)N2CCc3ccccc32)cc1. The molecule has 24 heavy (non-hydrogen) atoms. The molecule has 0 radical (unpaired) electrons. The molecule has 2 amide bonds. The molecule has 2 N–H and O–H groups in total. The molecule has 2 aromatic rings. The summed E-state index contributed by atoms with van der Waals surface area (Å²) in [7, 11) is 0. The van der Waals surface area contributed by atoms with E-state index in [1.54, 1.807) is 0 Å². The van der Waals surface area contributed by atoms with Crippen molar-refractivity contribution >= 4 is 28.9 Å². The monoisotopic (exact) mass is 323 g/mol. The summed E-state index contributed by atoms with van der Waals surface area (Å²) in [6.07, 6.45) is 0.903. The van der Waals surface area contributed by atoms with Gasteiger partial charge in [-0.1, -0.05) is 18.2 Å². The molecular formula is C19H21N3O2. The van der Waals surface area contributed by atoms with Crippen molar-refractivity contribution in [2.75, 3.05) is 22.1 Å². The van der Waals surface area contributed by atoms with Crippen molar-refractivity contribution in [3.8, 4) is 0 Å². The Bertz CT molecular complexity index is 755. The van der Waals surface area contributed by atoms with Crippen LogP contribution < -0.4 is 15.5 Å². The first-order valence-corrected chi connectivity index (χ1v) is 8.08. The molecule has 5 heteroatoms. The molecule has 5 nitrogen and oxygen atoms in total. The van der Waals surface area contributed by atoms with Gasteiger partial charge in [0, 0.05) is 30.5 Å². The number of fused-ring (bicyclic) bond motifs is 1. The largest absolute Gasteiger partial charge is 0.374 e. The highest BCUT2D eigenvalue weighted by molar-refractivity contribution is 6.00. The van der Waals surface area contributed by atoms with E-state index in [2.05, 4.69) is 16.7 Å². The lowest BCUT2D eigenvalue weighted by molar-refractivity contribution is -0.119. The van der Waals surface area contributed by atoms with Gasteiger partial charge in [0.15, 0.2) is 0 Å². The summed E-state index contributed by atoms with van der Waals surface area (Å²) < 4.78 is 0. The van der Waals surface area contributed by atoms with Gasteiger partial charge in [0.1, 0.15) is 6.04 Å². The van der Waals surface area contributed by atoms with E-state index in [0.717, 1.165) is 30.0 Å². The van der Waals surface area contributed by atoms with Crippen LogP contribution in [0.5, 0.6) is 0 Å². The molecule has 0 aromatic heterocycles.